The third kappa shape index (κ3) is 3.70. The summed E-state index contributed by atoms with van der Waals surface area (Å²) in [6.45, 7) is 2.44. The fraction of sp³-hybridized carbons (Fsp3) is 0.292. The van der Waals surface area contributed by atoms with Crippen molar-refractivity contribution in [3.8, 4) is 0 Å². The molecule has 2 atom stereocenters. The first-order valence-corrected chi connectivity index (χ1v) is 11.3. The largest absolute Gasteiger partial charge is 0.367 e. The van der Waals surface area contributed by atoms with E-state index in [1.807, 2.05) is 19.1 Å². The molecule has 0 spiro atoms. The van der Waals surface area contributed by atoms with Crippen molar-refractivity contribution in [2.24, 2.45) is 0 Å². The summed E-state index contributed by atoms with van der Waals surface area (Å²) < 4.78 is 14.9. The summed E-state index contributed by atoms with van der Waals surface area (Å²) in [6.07, 6.45) is 7.81. The van der Waals surface area contributed by atoms with E-state index in [4.69, 9.17) is 0 Å². The van der Waals surface area contributed by atoms with Gasteiger partial charge in [-0.3, -0.25) is 9.78 Å². The molecule has 172 valence electrons. The maximum atomic E-state index is 13.4. The molecule has 1 saturated carbocycles. The number of nitrogens with one attached hydrogen (secondary N) is 2. The van der Waals surface area contributed by atoms with Crippen LogP contribution in [0.1, 0.15) is 40.9 Å². The van der Waals surface area contributed by atoms with Crippen molar-refractivity contribution in [3.05, 3.63) is 71.6 Å². The number of nitrogens with zero attached hydrogens (tertiary/aromatic N) is 6. The van der Waals surface area contributed by atoms with Crippen molar-refractivity contribution in [2.45, 2.75) is 44.8 Å². The molecule has 10 heteroatoms. The number of hydrogen-bond donors (Lipinski definition) is 2. The fourth-order valence-electron chi connectivity index (χ4n) is 4.77. The summed E-state index contributed by atoms with van der Waals surface area (Å²) in [7, 11) is 0. The van der Waals surface area contributed by atoms with Crippen LogP contribution in [0.15, 0.2) is 48.9 Å². The number of aryl methyl sites for hydroxylation is 1. The Morgan fingerprint density at radius 3 is 2.74 bits per heavy atom. The van der Waals surface area contributed by atoms with Gasteiger partial charge in [-0.1, -0.05) is 0 Å². The Labute approximate surface area is 195 Å². The predicted octanol–water partition coefficient (Wildman–Crippen LogP) is 3.57. The van der Waals surface area contributed by atoms with Gasteiger partial charge in [-0.05, 0) is 50.5 Å². The molecule has 0 radical (unpaired) electrons. The minimum absolute atomic E-state index is 0.0176. The van der Waals surface area contributed by atoms with Gasteiger partial charge in [-0.25, -0.2) is 13.9 Å². The van der Waals surface area contributed by atoms with E-state index in [0.29, 0.717) is 23.7 Å². The second-order valence-corrected chi connectivity index (χ2v) is 8.79. The van der Waals surface area contributed by atoms with Crippen LogP contribution in [0.2, 0.25) is 0 Å². The Kier molecular flexibility index (Phi) is 4.86. The zero-order valence-electron chi connectivity index (χ0n) is 18.6. The van der Waals surface area contributed by atoms with E-state index in [1.165, 1.54) is 12.1 Å². The molecule has 4 aromatic rings. The Hall–Kier alpha value is -4.08. The standard InChI is InChI=1S/C24H23FN8O/c1-14-20-13-32(23(34)19(20)6-8-26-14)18-4-5-21(27-12-18)28-16-2-3-17(11-16)29-24-30-22-10-15(25)7-9-33(22)31-24/h4-10,12,16-17H,2-3,11,13H2,1H3,(H,27,28)(H,29,31)/t16-,17-/m0/s1. The summed E-state index contributed by atoms with van der Waals surface area (Å²) in [5.74, 6) is 0.926. The zero-order valence-corrected chi connectivity index (χ0v) is 18.6. The minimum Gasteiger partial charge on any atom is -0.367 e. The van der Waals surface area contributed by atoms with Crippen LogP contribution in [0.3, 0.4) is 0 Å². The highest BCUT2D eigenvalue weighted by Crippen LogP contribution is 2.30. The van der Waals surface area contributed by atoms with Crippen molar-refractivity contribution < 1.29 is 9.18 Å². The van der Waals surface area contributed by atoms with Crippen LogP contribution < -0.4 is 15.5 Å². The van der Waals surface area contributed by atoms with Crippen molar-refractivity contribution in [3.63, 3.8) is 0 Å². The Bertz CT molecular complexity index is 1390. The fourth-order valence-corrected chi connectivity index (χ4v) is 4.77. The van der Waals surface area contributed by atoms with Gasteiger partial charge in [0.15, 0.2) is 5.65 Å². The summed E-state index contributed by atoms with van der Waals surface area (Å²) in [5, 5.41) is 11.2. The molecular weight excluding hydrogens is 435 g/mol. The summed E-state index contributed by atoms with van der Waals surface area (Å²) in [5.41, 5.74) is 3.82. The van der Waals surface area contributed by atoms with E-state index in [2.05, 4.69) is 30.7 Å². The van der Waals surface area contributed by atoms with Crippen LogP contribution in [-0.4, -0.2) is 42.6 Å². The second kappa shape index (κ2) is 8.05. The molecule has 1 aliphatic heterocycles. The van der Waals surface area contributed by atoms with Crippen LogP contribution in [0.25, 0.3) is 5.65 Å². The molecule has 0 unspecified atom stereocenters. The van der Waals surface area contributed by atoms with E-state index in [-0.39, 0.29) is 23.8 Å². The third-order valence-electron chi connectivity index (χ3n) is 6.54. The third-order valence-corrected chi connectivity index (χ3v) is 6.54. The molecule has 2 N–H and O–H groups in total. The Balaban J connectivity index is 1.07. The summed E-state index contributed by atoms with van der Waals surface area (Å²) in [4.78, 5) is 27.7. The average molecular weight is 459 g/mol. The molecule has 5 heterocycles. The lowest BCUT2D eigenvalue weighted by Gasteiger charge is -2.17. The number of aromatic nitrogens is 5. The molecular formula is C24H23FN8O. The molecule has 1 aliphatic carbocycles. The first-order valence-electron chi connectivity index (χ1n) is 11.3. The highest BCUT2D eigenvalue weighted by atomic mass is 19.1. The molecule has 2 aliphatic rings. The van der Waals surface area contributed by atoms with E-state index >= 15 is 0 Å². The highest BCUT2D eigenvalue weighted by molar-refractivity contribution is 6.10. The number of carbonyl (C=O) groups is 1. The van der Waals surface area contributed by atoms with Gasteiger partial charge in [0.2, 0.25) is 5.95 Å². The molecule has 1 fully saturated rings. The summed E-state index contributed by atoms with van der Waals surface area (Å²) in [6, 6.07) is 8.81. The van der Waals surface area contributed by atoms with Crippen LogP contribution in [0.4, 0.5) is 21.8 Å². The summed E-state index contributed by atoms with van der Waals surface area (Å²) >= 11 is 0. The van der Waals surface area contributed by atoms with Gasteiger partial charge >= 0.3 is 0 Å². The van der Waals surface area contributed by atoms with E-state index < -0.39 is 0 Å². The SMILES string of the molecule is Cc1nccc2c1CN(c1ccc(N[C@H]3CC[C@H](Nc4nc5cc(F)ccn5n4)C3)nc1)C2=O. The zero-order chi connectivity index (χ0) is 23.2. The van der Waals surface area contributed by atoms with Gasteiger partial charge in [-0.2, -0.15) is 4.98 Å². The number of fused-ring (bicyclic) bond motifs is 2. The van der Waals surface area contributed by atoms with Crippen molar-refractivity contribution in [1.82, 2.24) is 24.6 Å². The van der Waals surface area contributed by atoms with Crippen LogP contribution in [-0.2, 0) is 6.54 Å². The van der Waals surface area contributed by atoms with E-state index in [0.717, 1.165) is 42.0 Å². The van der Waals surface area contributed by atoms with Gasteiger partial charge in [-0.15, -0.1) is 5.10 Å². The minimum atomic E-state index is -0.333. The topological polar surface area (TPSA) is 100 Å². The van der Waals surface area contributed by atoms with E-state index in [1.54, 1.807) is 34.1 Å². The number of pyridine rings is 3. The maximum Gasteiger partial charge on any atom is 0.259 e. The Morgan fingerprint density at radius 2 is 1.94 bits per heavy atom. The number of carbonyl (C=O) groups excluding carboxylic acids is 1. The van der Waals surface area contributed by atoms with Crippen molar-refractivity contribution in [2.75, 3.05) is 15.5 Å². The first kappa shape index (κ1) is 20.5. The van der Waals surface area contributed by atoms with Crippen LogP contribution in [0, 0.1) is 12.7 Å². The van der Waals surface area contributed by atoms with Crippen molar-refractivity contribution in [1.29, 1.82) is 0 Å². The number of anilines is 3. The Morgan fingerprint density at radius 1 is 1.09 bits per heavy atom. The molecule has 0 bridgehead atoms. The van der Waals surface area contributed by atoms with Crippen molar-refractivity contribution >= 4 is 29.0 Å². The molecule has 1 amide bonds. The smallest absolute Gasteiger partial charge is 0.259 e. The first-order chi connectivity index (χ1) is 16.5. The number of halogens is 1. The second-order valence-electron chi connectivity index (χ2n) is 8.79. The van der Waals surface area contributed by atoms with Gasteiger partial charge in [0.1, 0.15) is 11.6 Å². The predicted molar refractivity (Wildman–Crippen MR) is 125 cm³/mol. The molecule has 34 heavy (non-hydrogen) atoms. The molecule has 0 saturated heterocycles. The van der Waals surface area contributed by atoms with E-state index in [9.17, 15) is 9.18 Å². The molecule has 6 rings (SSSR count). The van der Waals surface area contributed by atoms with Gasteiger partial charge in [0.25, 0.3) is 5.91 Å². The number of amides is 1. The quantitative estimate of drug-likeness (QED) is 0.472. The monoisotopic (exact) mass is 458 g/mol. The van der Waals surface area contributed by atoms with Gasteiger partial charge in [0, 0.05) is 47.4 Å². The normalized spacial score (nSPS) is 19.6. The number of hydrogen-bond acceptors (Lipinski definition) is 7. The van der Waals surface area contributed by atoms with Crippen LogP contribution >= 0.6 is 0 Å². The van der Waals surface area contributed by atoms with Crippen LogP contribution in [0.5, 0.6) is 0 Å². The van der Waals surface area contributed by atoms with Gasteiger partial charge in [0.05, 0.1) is 18.4 Å². The lowest BCUT2D eigenvalue weighted by atomic mass is 10.1. The highest BCUT2D eigenvalue weighted by Gasteiger charge is 2.30. The lowest BCUT2D eigenvalue weighted by Crippen LogP contribution is -2.24. The average Bonchev–Trinajstić information content (AvgIpc) is 3.52. The lowest BCUT2D eigenvalue weighted by molar-refractivity contribution is 0.0996. The maximum absolute atomic E-state index is 13.4. The molecule has 0 aromatic carbocycles. The molecule has 4 aromatic heterocycles. The van der Waals surface area contributed by atoms with Gasteiger partial charge < -0.3 is 15.5 Å². The number of rotatable bonds is 5. The molecule has 9 nitrogen and oxygen atoms in total.